The highest BCUT2D eigenvalue weighted by Crippen LogP contribution is 2.41. The van der Waals surface area contributed by atoms with Gasteiger partial charge in [0.15, 0.2) is 23.6 Å². The van der Waals surface area contributed by atoms with E-state index in [1.54, 1.807) is 37.3 Å². The topological polar surface area (TPSA) is 109 Å². The maximum Gasteiger partial charge on any atom is 0.493 e. The first-order valence-corrected chi connectivity index (χ1v) is 12.7. The van der Waals surface area contributed by atoms with E-state index in [9.17, 15) is 32.3 Å². The van der Waals surface area contributed by atoms with Gasteiger partial charge < -0.3 is 15.1 Å². The third-order valence-corrected chi connectivity index (χ3v) is 7.50. The van der Waals surface area contributed by atoms with Gasteiger partial charge >= 0.3 is 17.8 Å². The van der Waals surface area contributed by atoms with Gasteiger partial charge in [-0.3, -0.25) is 23.6 Å². The zero-order valence-corrected chi connectivity index (χ0v) is 21.8. The first kappa shape index (κ1) is 27.5. The van der Waals surface area contributed by atoms with Crippen LogP contribution in [0.4, 0.5) is 24.7 Å². The predicted octanol–water partition coefficient (Wildman–Crippen LogP) is 0.677. The van der Waals surface area contributed by atoms with Crippen molar-refractivity contribution in [3.05, 3.63) is 56.7 Å². The number of alkyl halides is 3. The number of hydrogen-bond acceptors (Lipinski definition) is 9. The van der Waals surface area contributed by atoms with Crippen LogP contribution in [-0.2, 0) is 23.2 Å². The first-order chi connectivity index (χ1) is 19.0. The quantitative estimate of drug-likeness (QED) is 0.403. The third-order valence-electron chi connectivity index (χ3n) is 7.50. The van der Waals surface area contributed by atoms with Gasteiger partial charge in [-0.05, 0) is 25.8 Å². The Kier molecular flexibility index (Phi) is 7.19. The molecule has 0 aliphatic carbocycles. The number of ketones is 1. The molecular formula is C26H27F3N6O5. The van der Waals surface area contributed by atoms with Crippen LogP contribution in [0, 0.1) is 17.8 Å². The summed E-state index contributed by atoms with van der Waals surface area (Å²) < 4.78 is 41.8. The summed E-state index contributed by atoms with van der Waals surface area (Å²) in [6.07, 6.45) is -5.79. The number of hydrogen-bond donors (Lipinski definition) is 1. The van der Waals surface area contributed by atoms with Crippen molar-refractivity contribution < 1.29 is 27.6 Å². The molecule has 3 atom stereocenters. The fourth-order valence-electron chi connectivity index (χ4n) is 5.63. The lowest BCUT2D eigenvalue weighted by atomic mass is 10.1. The van der Waals surface area contributed by atoms with E-state index in [1.165, 1.54) is 11.9 Å². The monoisotopic (exact) mass is 560 g/mol. The molecule has 2 saturated heterocycles. The van der Waals surface area contributed by atoms with Gasteiger partial charge in [0.1, 0.15) is 0 Å². The molecule has 0 amide bonds. The van der Waals surface area contributed by atoms with E-state index in [0.717, 1.165) is 15.6 Å². The number of fused-ring (bicyclic) bond motifs is 2. The van der Waals surface area contributed by atoms with Gasteiger partial charge in [-0.2, -0.15) is 13.2 Å². The molecule has 0 saturated carbocycles. The summed E-state index contributed by atoms with van der Waals surface area (Å²) in [5.74, 6) is 2.43. The Labute approximate surface area is 226 Å². The van der Waals surface area contributed by atoms with Crippen LogP contribution in [0.3, 0.4) is 0 Å². The van der Waals surface area contributed by atoms with Crippen molar-refractivity contribution in [3.63, 3.8) is 0 Å². The number of aromatic nitrogens is 2. The minimum Gasteiger partial charge on any atom is -0.327 e. The smallest absolute Gasteiger partial charge is 0.327 e. The van der Waals surface area contributed by atoms with Gasteiger partial charge in [0, 0.05) is 31.7 Å². The second kappa shape index (κ2) is 10.5. The summed E-state index contributed by atoms with van der Waals surface area (Å²) in [7, 11) is 1.24. The number of rotatable bonds is 6. The molecule has 0 spiro atoms. The van der Waals surface area contributed by atoms with Crippen LogP contribution in [-0.4, -0.2) is 70.5 Å². The summed E-state index contributed by atoms with van der Waals surface area (Å²) in [4.78, 5) is 60.5. The molecule has 3 unspecified atom stereocenters. The largest absolute Gasteiger partial charge is 0.493 e. The van der Waals surface area contributed by atoms with Gasteiger partial charge in [0.05, 0.1) is 13.1 Å². The molecule has 2 fully saturated rings. The van der Waals surface area contributed by atoms with Gasteiger partial charge in [-0.1, -0.05) is 36.3 Å². The average molecular weight is 561 g/mol. The fourth-order valence-corrected chi connectivity index (χ4v) is 5.63. The zero-order valence-electron chi connectivity index (χ0n) is 21.8. The molecule has 5 rings (SSSR count). The predicted molar refractivity (Wildman–Crippen MR) is 137 cm³/mol. The van der Waals surface area contributed by atoms with Gasteiger partial charge in [-0.25, -0.2) is 9.59 Å². The Morgan fingerprint density at radius 1 is 1.15 bits per heavy atom. The molecule has 4 heterocycles. The van der Waals surface area contributed by atoms with Crippen LogP contribution in [0.5, 0.6) is 0 Å². The number of benzene rings is 1. The highest BCUT2D eigenvalue weighted by atomic mass is 19.4. The number of nitrogens with one attached hydrogen (secondary N) is 1. The molecule has 1 aromatic carbocycles. The Morgan fingerprint density at radius 3 is 2.55 bits per heavy atom. The molecule has 212 valence electrons. The highest BCUT2D eigenvalue weighted by Gasteiger charge is 2.54. The molecule has 1 aromatic heterocycles. The third kappa shape index (κ3) is 4.65. The standard InChI is InChI=1S/C26H27F3N6O5/c1-3-4-11-33-20-21(31(2)25(39)34(22(20)37)15-19(36)16-8-6-5-7-9-16)35(40-23(38)26(27,28)29)24(33)32-12-10-17-13-30-14-18(17)32/h5-9,17-18,24,30H,10-15H2,1-2H3. The lowest BCUT2D eigenvalue weighted by Crippen LogP contribution is -2.59. The number of likely N-dealkylation sites (tertiary alicyclic amines) is 1. The number of carbonyl (C=O) groups excluding carboxylic acids is 2. The van der Waals surface area contributed by atoms with Crippen LogP contribution in [0.1, 0.15) is 23.7 Å². The van der Waals surface area contributed by atoms with E-state index in [0.29, 0.717) is 24.7 Å². The second-order valence-electron chi connectivity index (χ2n) is 9.81. The summed E-state index contributed by atoms with van der Waals surface area (Å²) in [5, 5.41) is 3.95. The lowest BCUT2D eigenvalue weighted by molar-refractivity contribution is -0.203. The Hall–Kier alpha value is -4.09. The van der Waals surface area contributed by atoms with Crippen LogP contribution < -0.4 is 26.5 Å². The van der Waals surface area contributed by atoms with Gasteiger partial charge in [0.25, 0.3) is 5.56 Å². The Balaban J connectivity index is 1.67. The van der Waals surface area contributed by atoms with Crippen molar-refractivity contribution in [3.8, 4) is 11.8 Å². The fraction of sp³-hybridized carbons (Fsp3) is 0.462. The van der Waals surface area contributed by atoms with Crippen LogP contribution in [0.2, 0.25) is 0 Å². The number of hydroxylamine groups is 1. The SMILES string of the molecule is CC#CCN1c2c(n(C)c(=O)n(CC(=O)c3ccccc3)c2=O)N(OC(=O)C(F)(F)F)C1N1CCC2CNCC21. The van der Waals surface area contributed by atoms with Crippen LogP contribution >= 0.6 is 0 Å². The Bertz CT molecular complexity index is 1510. The number of carbonyl (C=O) groups is 2. The summed E-state index contributed by atoms with van der Waals surface area (Å²) >= 11 is 0. The maximum absolute atomic E-state index is 13.9. The molecule has 0 bridgehead atoms. The molecule has 40 heavy (non-hydrogen) atoms. The lowest BCUT2D eigenvalue weighted by Gasteiger charge is -2.39. The summed E-state index contributed by atoms with van der Waals surface area (Å²) in [6.45, 7) is 2.56. The number of nitrogens with zero attached hydrogens (tertiary/aromatic N) is 5. The van der Waals surface area contributed by atoms with Crippen molar-refractivity contribution in [2.24, 2.45) is 13.0 Å². The maximum atomic E-state index is 13.9. The van der Waals surface area contributed by atoms with E-state index in [1.807, 2.05) is 4.90 Å². The summed E-state index contributed by atoms with van der Waals surface area (Å²) in [5.41, 5.74) is -1.78. The first-order valence-electron chi connectivity index (χ1n) is 12.7. The van der Waals surface area contributed by atoms with E-state index in [4.69, 9.17) is 4.84 Å². The van der Waals surface area contributed by atoms with Crippen molar-refractivity contribution in [2.45, 2.75) is 38.4 Å². The molecule has 3 aliphatic heterocycles. The zero-order chi connectivity index (χ0) is 28.8. The van der Waals surface area contributed by atoms with Crippen LogP contribution in [0.25, 0.3) is 0 Å². The van der Waals surface area contributed by atoms with Crippen molar-refractivity contribution in [1.29, 1.82) is 0 Å². The average Bonchev–Trinajstić information content (AvgIpc) is 3.62. The minimum absolute atomic E-state index is 0.115. The normalized spacial score (nSPS) is 22.1. The van der Waals surface area contributed by atoms with Gasteiger partial charge in [-0.15, -0.1) is 11.0 Å². The van der Waals surface area contributed by atoms with E-state index in [-0.39, 0.29) is 35.6 Å². The summed E-state index contributed by atoms with van der Waals surface area (Å²) in [6, 6.07) is 7.96. The Morgan fingerprint density at radius 2 is 1.88 bits per heavy atom. The van der Waals surface area contributed by atoms with Crippen molar-refractivity contribution >= 4 is 23.3 Å². The van der Waals surface area contributed by atoms with Gasteiger partial charge in [0.2, 0.25) is 0 Å². The molecule has 11 nitrogen and oxygen atoms in total. The number of halogens is 3. The van der Waals surface area contributed by atoms with E-state index >= 15 is 0 Å². The number of Topliss-reactive ketones (excluding diaryl/α,β-unsaturated/α-hetero) is 1. The molecule has 2 aromatic rings. The van der Waals surface area contributed by atoms with Crippen molar-refractivity contribution in [1.82, 2.24) is 19.4 Å². The van der Waals surface area contributed by atoms with E-state index < -0.39 is 42.0 Å². The molecule has 1 N–H and O–H groups in total. The van der Waals surface area contributed by atoms with Crippen LogP contribution in [0.15, 0.2) is 39.9 Å². The molecule has 14 heteroatoms. The molecular weight excluding hydrogens is 533 g/mol. The van der Waals surface area contributed by atoms with Crippen molar-refractivity contribution in [2.75, 3.05) is 36.1 Å². The molecule has 3 aliphatic rings. The highest BCUT2D eigenvalue weighted by molar-refractivity contribution is 5.96. The van der Waals surface area contributed by atoms with E-state index in [2.05, 4.69) is 17.2 Å². The molecule has 0 radical (unpaired) electrons. The minimum atomic E-state index is -5.33. The second-order valence-corrected chi connectivity index (χ2v) is 9.81. The number of anilines is 2.